The first-order valence-electron chi connectivity index (χ1n) is 7.50. The molecule has 0 saturated heterocycles. The minimum Gasteiger partial charge on any atom is -0.748 e. The topological polar surface area (TPSA) is 77.4 Å². The Kier molecular flexibility index (Phi) is 16.8. The summed E-state index contributed by atoms with van der Waals surface area (Å²) in [6.07, 6.45) is 8.11. The third kappa shape index (κ3) is 14.4. The molecule has 0 aliphatic rings. The van der Waals surface area contributed by atoms with Crippen molar-refractivity contribution in [1.82, 2.24) is 0 Å². The van der Waals surface area contributed by atoms with Crippen molar-refractivity contribution in [2.45, 2.75) is 89.4 Å². The summed E-state index contributed by atoms with van der Waals surface area (Å²) in [5.74, 6) is 0. The molecule has 116 valence electrons. The summed E-state index contributed by atoms with van der Waals surface area (Å²) < 4.78 is 33.5. The first-order valence-corrected chi connectivity index (χ1v) is 8.97. The van der Waals surface area contributed by atoms with Crippen molar-refractivity contribution in [2.24, 2.45) is 0 Å². The van der Waals surface area contributed by atoms with Gasteiger partial charge in [-0.1, -0.05) is 45.4 Å². The van der Waals surface area contributed by atoms with Crippen LogP contribution < -0.4 is 51.4 Å². The second kappa shape index (κ2) is 14.1. The molecule has 4 nitrogen and oxygen atoms in total. The van der Waals surface area contributed by atoms with Crippen LogP contribution in [0.3, 0.4) is 0 Å². The van der Waals surface area contributed by atoms with Crippen LogP contribution in [0.15, 0.2) is 0 Å². The first-order chi connectivity index (χ1) is 8.88. The SMILES string of the molecule is CCCCCCCCC(CCCC(C)O)S(=O)(=O)[O-].[K+]. The van der Waals surface area contributed by atoms with Crippen molar-refractivity contribution >= 4 is 10.1 Å². The van der Waals surface area contributed by atoms with E-state index in [1.54, 1.807) is 6.92 Å². The summed E-state index contributed by atoms with van der Waals surface area (Å²) in [6, 6.07) is 0. The van der Waals surface area contributed by atoms with Gasteiger partial charge in [-0.25, -0.2) is 8.42 Å². The van der Waals surface area contributed by atoms with Gasteiger partial charge in [-0.2, -0.15) is 0 Å². The zero-order valence-electron chi connectivity index (χ0n) is 13.3. The Balaban J connectivity index is 0. The molecule has 0 amide bonds. The Morgan fingerprint density at radius 2 is 1.45 bits per heavy atom. The number of aliphatic hydroxyl groups is 1. The third-order valence-electron chi connectivity index (χ3n) is 3.44. The Labute approximate surface area is 167 Å². The van der Waals surface area contributed by atoms with E-state index < -0.39 is 21.5 Å². The van der Waals surface area contributed by atoms with E-state index in [4.69, 9.17) is 5.11 Å². The van der Waals surface area contributed by atoms with Gasteiger partial charge in [-0.05, 0) is 32.6 Å². The molecule has 0 aromatic carbocycles. The van der Waals surface area contributed by atoms with Gasteiger partial charge in [0.1, 0.15) is 0 Å². The van der Waals surface area contributed by atoms with Gasteiger partial charge in [-0.15, -0.1) is 0 Å². The predicted molar refractivity (Wildman–Crippen MR) is 77.0 cm³/mol. The van der Waals surface area contributed by atoms with Crippen LogP contribution in [0, 0.1) is 0 Å². The molecule has 20 heavy (non-hydrogen) atoms. The van der Waals surface area contributed by atoms with Crippen LogP contribution in [0.25, 0.3) is 0 Å². The van der Waals surface area contributed by atoms with E-state index in [1.807, 2.05) is 0 Å². The molecule has 0 aliphatic heterocycles. The minimum absolute atomic E-state index is 0. The molecule has 0 rings (SSSR count). The molecule has 1 N–H and O–H groups in total. The summed E-state index contributed by atoms with van der Waals surface area (Å²) in [5, 5.41) is 8.37. The summed E-state index contributed by atoms with van der Waals surface area (Å²) in [5.41, 5.74) is 0. The van der Waals surface area contributed by atoms with Crippen LogP contribution in [0.1, 0.15) is 78.1 Å². The maximum atomic E-state index is 11.2. The van der Waals surface area contributed by atoms with E-state index in [1.165, 1.54) is 19.3 Å². The Morgan fingerprint density at radius 3 is 1.95 bits per heavy atom. The number of rotatable bonds is 12. The molecule has 6 heteroatoms. The van der Waals surface area contributed by atoms with Crippen molar-refractivity contribution in [3.05, 3.63) is 0 Å². The number of hydrogen-bond donors (Lipinski definition) is 1. The molecule has 0 aromatic rings. The van der Waals surface area contributed by atoms with Gasteiger partial charge in [0.2, 0.25) is 0 Å². The van der Waals surface area contributed by atoms with E-state index in [0.29, 0.717) is 25.7 Å². The minimum atomic E-state index is -4.19. The fourth-order valence-corrected chi connectivity index (χ4v) is 3.14. The molecule has 0 fully saturated rings. The summed E-state index contributed by atoms with van der Waals surface area (Å²) in [6.45, 7) is 3.83. The molecule has 2 unspecified atom stereocenters. The molecule has 0 bridgehead atoms. The monoisotopic (exact) mass is 332 g/mol. The number of aliphatic hydroxyl groups excluding tert-OH is 1. The molecule has 0 heterocycles. The van der Waals surface area contributed by atoms with Crippen LogP contribution >= 0.6 is 0 Å². The molecule has 0 aliphatic carbocycles. The molecular formula is C14H29KO4S. The van der Waals surface area contributed by atoms with Crippen LogP contribution in [-0.4, -0.2) is 29.4 Å². The second-order valence-corrected chi connectivity index (χ2v) is 7.10. The largest absolute Gasteiger partial charge is 1.00 e. The number of hydrogen-bond acceptors (Lipinski definition) is 4. The van der Waals surface area contributed by atoms with Gasteiger partial charge in [0.05, 0.1) is 16.2 Å². The van der Waals surface area contributed by atoms with Gasteiger partial charge in [0, 0.05) is 5.25 Å². The van der Waals surface area contributed by atoms with Gasteiger partial charge in [0.15, 0.2) is 0 Å². The van der Waals surface area contributed by atoms with Crippen molar-refractivity contribution in [3.8, 4) is 0 Å². The van der Waals surface area contributed by atoms with E-state index >= 15 is 0 Å². The first kappa shape index (κ1) is 23.8. The van der Waals surface area contributed by atoms with Crippen molar-refractivity contribution in [3.63, 3.8) is 0 Å². The van der Waals surface area contributed by atoms with E-state index in [0.717, 1.165) is 19.3 Å². The maximum absolute atomic E-state index is 11.2. The van der Waals surface area contributed by atoms with E-state index in [9.17, 15) is 13.0 Å². The fraction of sp³-hybridized carbons (Fsp3) is 1.00. The third-order valence-corrected chi connectivity index (χ3v) is 4.72. The van der Waals surface area contributed by atoms with Crippen molar-refractivity contribution < 1.29 is 69.5 Å². The molecular weight excluding hydrogens is 303 g/mol. The Morgan fingerprint density at radius 1 is 0.950 bits per heavy atom. The summed E-state index contributed by atoms with van der Waals surface area (Å²) in [7, 11) is -4.19. The maximum Gasteiger partial charge on any atom is 1.00 e. The van der Waals surface area contributed by atoms with E-state index in [2.05, 4.69) is 6.92 Å². The van der Waals surface area contributed by atoms with Crippen molar-refractivity contribution in [2.75, 3.05) is 0 Å². The van der Waals surface area contributed by atoms with Crippen LogP contribution in [0.5, 0.6) is 0 Å². The van der Waals surface area contributed by atoms with Crippen LogP contribution in [0.4, 0.5) is 0 Å². The average molecular weight is 333 g/mol. The molecule has 2 atom stereocenters. The predicted octanol–water partition coefficient (Wildman–Crippen LogP) is 0.206. The smallest absolute Gasteiger partial charge is 0.748 e. The van der Waals surface area contributed by atoms with Gasteiger partial charge in [-0.3, -0.25) is 0 Å². The van der Waals surface area contributed by atoms with Crippen LogP contribution in [-0.2, 0) is 10.1 Å². The average Bonchev–Trinajstić information content (AvgIpc) is 2.29. The molecule has 0 spiro atoms. The normalized spacial score (nSPS) is 14.6. The standard InChI is InChI=1S/C14H30O4S.K/c1-3-4-5-6-7-8-11-14(19(16,17)18)12-9-10-13(2)15;/h13-15H,3-12H2,1-2H3,(H,16,17,18);/q;+1/p-1. The molecule has 0 aromatic heterocycles. The number of unbranched alkanes of at least 4 members (excludes halogenated alkanes) is 5. The van der Waals surface area contributed by atoms with Gasteiger partial charge in [0.25, 0.3) is 0 Å². The molecule has 0 radical (unpaired) electrons. The van der Waals surface area contributed by atoms with Crippen LogP contribution in [0.2, 0.25) is 0 Å². The Bertz CT molecular complexity index is 304. The van der Waals surface area contributed by atoms with Gasteiger partial charge < -0.3 is 9.66 Å². The fourth-order valence-electron chi connectivity index (χ4n) is 2.23. The quantitative estimate of drug-likeness (QED) is 0.315. The van der Waals surface area contributed by atoms with Gasteiger partial charge >= 0.3 is 51.4 Å². The zero-order chi connectivity index (χ0) is 14.7. The summed E-state index contributed by atoms with van der Waals surface area (Å²) >= 11 is 0. The van der Waals surface area contributed by atoms with E-state index in [-0.39, 0.29) is 51.4 Å². The van der Waals surface area contributed by atoms with Crippen molar-refractivity contribution in [1.29, 1.82) is 0 Å². The summed E-state index contributed by atoms with van der Waals surface area (Å²) in [4.78, 5) is 0. The molecule has 0 saturated carbocycles. The Hall–Kier alpha value is 1.51. The second-order valence-electron chi connectivity index (χ2n) is 5.45. The zero-order valence-corrected chi connectivity index (χ0v) is 17.2.